The van der Waals surface area contributed by atoms with Crippen LogP contribution >= 0.6 is 15.9 Å². The van der Waals surface area contributed by atoms with Crippen molar-refractivity contribution >= 4 is 15.9 Å². The van der Waals surface area contributed by atoms with Crippen LogP contribution in [0.5, 0.6) is 0 Å². The lowest BCUT2D eigenvalue weighted by molar-refractivity contribution is 0.305. The molecule has 2 atom stereocenters. The van der Waals surface area contributed by atoms with Gasteiger partial charge in [-0.15, -0.1) is 0 Å². The fourth-order valence-electron chi connectivity index (χ4n) is 2.98. The summed E-state index contributed by atoms with van der Waals surface area (Å²) in [6.45, 7) is 5.60. The summed E-state index contributed by atoms with van der Waals surface area (Å²) in [6.07, 6.45) is 0. The van der Waals surface area contributed by atoms with Gasteiger partial charge in [0.1, 0.15) is 5.82 Å². The van der Waals surface area contributed by atoms with Crippen LogP contribution in [-0.4, -0.2) is 31.1 Å². The summed E-state index contributed by atoms with van der Waals surface area (Å²) in [4.78, 5) is 2.48. The van der Waals surface area contributed by atoms with E-state index in [0.29, 0.717) is 4.47 Å². The van der Waals surface area contributed by atoms with E-state index in [-0.39, 0.29) is 5.82 Å². The van der Waals surface area contributed by atoms with Crippen molar-refractivity contribution in [1.29, 1.82) is 0 Å². The molecule has 0 spiro atoms. The van der Waals surface area contributed by atoms with Gasteiger partial charge in [-0.2, -0.15) is 0 Å². The van der Waals surface area contributed by atoms with E-state index < -0.39 is 0 Å². The first-order chi connectivity index (χ1) is 8.22. The highest BCUT2D eigenvalue weighted by Gasteiger charge is 2.35. The van der Waals surface area contributed by atoms with E-state index in [1.807, 2.05) is 12.1 Å². The summed E-state index contributed by atoms with van der Waals surface area (Å²) < 4.78 is 13.7. The average molecular weight is 299 g/mol. The lowest BCUT2D eigenvalue weighted by Gasteiger charge is -2.17. The SMILES string of the molecule is Fc1ccc(CN2C[C@H]3CNC[C@H]3C2)cc1Br. The van der Waals surface area contributed by atoms with Crippen LogP contribution in [0.1, 0.15) is 5.56 Å². The molecule has 0 unspecified atom stereocenters. The van der Waals surface area contributed by atoms with Crippen molar-refractivity contribution in [3.05, 3.63) is 34.1 Å². The molecule has 0 aromatic heterocycles. The van der Waals surface area contributed by atoms with Crippen LogP contribution in [0.25, 0.3) is 0 Å². The number of hydrogen-bond acceptors (Lipinski definition) is 2. The first kappa shape index (κ1) is 11.6. The van der Waals surface area contributed by atoms with Gasteiger partial charge in [-0.1, -0.05) is 6.07 Å². The molecule has 2 aliphatic rings. The summed E-state index contributed by atoms with van der Waals surface area (Å²) in [5.41, 5.74) is 1.19. The monoisotopic (exact) mass is 298 g/mol. The summed E-state index contributed by atoms with van der Waals surface area (Å²) >= 11 is 3.24. The van der Waals surface area contributed by atoms with Crippen LogP contribution in [0.2, 0.25) is 0 Å². The molecule has 0 saturated carbocycles. The smallest absolute Gasteiger partial charge is 0.137 e. The van der Waals surface area contributed by atoms with Gasteiger partial charge >= 0.3 is 0 Å². The van der Waals surface area contributed by atoms with E-state index in [9.17, 15) is 4.39 Å². The van der Waals surface area contributed by atoms with Gasteiger partial charge in [0.05, 0.1) is 4.47 Å². The topological polar surface area (TPSA) is 15.3 Å². The normalized spacial score (nSPS) is 28.6. The second-order valence-electron chi connectivity index (χ2n) is 5.12. The molecule has 1 aromatic rings. The fraction of sp³-hybridized carbons (Fsp3) is 0.538. The zero-order valence-electron chi connectivity index (χ0n) is 9.63. The highest BCUT2D eigenvalue weighted by molar-refractivity contribution is 9.10. The molecular formula is C13H16BrFN2. The molecule has 2 aliphatic heterocycles. The second-order valence-corrected chi connectivity index (χ2v) is 5.98. The Balaban J connectivity index is 1.65. The number of halogens is 2. The summed E-state index contributed by atoms with van der Waals surface area (Å²) in [7, 11) is 0. The van der Waals surface area contributed by atoms with Crippen molar-refractivity contribution in [3.63, 3.8) is 0 Å². The Morgan fingerprint density at radius 3 is 2.65 bits per heavy atom. The molecule has 2 fully saturated rings. The molecule has 2 nitrogen and oxygen atoms in total. The number of nitrogens with zero attached hydrogens (tertiary/aromatic N) is 1. The molecule has 3 rings (SSSR count). The number of rotatable bonds is 2. The zero-order valence-corrected chi connectivity index (χ0v) is 11.2. The predicted molar refractivity (Wildman–Crippen MR) is 69.2 cm³/mol. The predicted octanol–water partition coefficient (Wildman–Crippen LogP) is 2.24. The maximum absolute atomic E-state index is 13.1. The first-order valence-electron chi connectivity index (χ1n) is 6.09. The minimum atomic E-state index is -0.184. The van der Waals surface area contributed by atoms with E-state index in [2.05, 4.69) is 26.1 Å². The standard InChI is InChI=1S/C13H16BrFN2/c14-12-3-9(1-2-13(12)15)6-17-7-10-4-16-5-11(10)8-17/h1-3,10-11,16H,4-8H2/t10-,11+. The third-order valence-electron chi connectivity index (χ3n) is 3.86. The second kappa shape index (κ2) is 4.67. The van der Waals surface area contributed by atoms with Gasteiger partial charge in [-0.05, 0) is 58.6 Å². The summed E-state index contributed by atoms with van der Waals surface area (Å²) in [5, 5.41) is 3.44. The minimum Gasteiger partial charge on any atom is -0.316 e. The van der Waals surface area contributed by atoms with Crippen LogP contribution < -0.4 is 5.32 Å². The molecule has 2 saturated heterocycles. The van der Waals surface area contributed by atoms with E-state index >= 15 is 0 Å². The Kier molecular flexibility index (Phi) is 3.19. The number of benzene rings is 1. The molecule has 0 amide bonds. The van der Waals surface area contributed by atoms with E-state index in [4.69, 9.17) is 0 Å². The highest BCUT2D eigenvalue weighted by atomic mass is 79.9. The number of likely N-dealkylation sites (tertiary alicyclic amines) is 1. The van der Waals surface area contributed by atoms with Crippen molar-refractivity contribution < 1.29 is 4.39 Å². The number of hydrogen-bond donors (Lipinski definition) is 1. The Morgan fingerprint density at radius 2 is 2.00 bits per heavy atom. The Labute approximate surface area is 109 Å². The maximum Gasteiger partial charge on any atom is 0.137 e. The van der Waals surface area contributed by atoms with Crippen LogP contribution in [0.3, 0.4) is 0 Å². The van der Waals surface area contributed by atoms with Crippen molar-refractivity contribution in [2.75, 3.05) is 26.2 Å². The average Bonchev–Trinajstić information content (AvgIpc) is 2.84. The van der Waals surface area contributed by atoms with Gasteiger partial charge in [0.15, 0.2) is 0 Å². The largest absolute Gasteiger partial charge is 0.316 e. The molecule has 0 radical (unpaired) electrons. The van der Waals surface area contributed by atoms with Crippen LogP contribution in [-0.2, 0) is 6.54 Å². The lowest BCUT2D eigenvalue weighted by Crippen LogP contribution is -2.25. The molecule has 0 bridgehead atoms. The molecule has 1 N–H and O–H groups in total. The third kappa shape index (κ3) is 2.39. The van der Waals surface area contributed by atoms with E-state index in [1.54, 1.807) is 0 Å². The Hall–Kier alpha value is -0.450. The van der Waals surface area contributed by atoms with Gasteiger partial charge in [0.2, 0.25) is 0 Å². The fourth-order valence-corrected chi connectivity index (χ4v) is 3.40. The Morgan fingerprint density at radius 1 is 1.29 bits per heavy atom. The number of nitrogens with one attached hydrogen (secondary N) is 1. The number of fused-ring (bicyclic) bond motifs is 1. The molecule has 1 aromatic carbocycles. The van der Waals surface area contributed by atoms with Crippen molar-refractivity contribution in [3.8, 4) is 0 Å². The quantitative estimate of drug-likeness (QED) is 0.901. The highest BCUT2D eigenvalue weighted by Crippen LogP contribution is 2.28. The molecular weight excluding hydrogens is 283 g/mol. The molecule has 4 heteroatoms. The molecule has 92 valence electrons. The van der Waals surface area contributed by atoms with Gasteiger partial charge in [0, 0.05) is 19.6 Å². The Bertz CT molecular complexity index is 412. The first-order valence-corrected chi connectivity index (χ1v) is 6.88. The van der Waals surface area contributed by atoms with Gasteiger partial charge in [0.25, 0.3) is 0 Å². The molecule has 17 heavy (non-hydrogen) atoms. The van der Waals surface area contributed by atoms with Gasteiger partial charge in [-0.3, -0.25) is 4.90 Å². The van der Waals surface area contributed by atoms with Gasteiger partial charge in [-0.25, -0.2) is 4.39 Å². The lowest BCUT2D eigenvalue weighted by atomic mass is 10.0. The molecule has 2 heterocycles. The van der Waals surface area contributed by atoms with Crippen molar-refractivity contribution in [2.24, 2.45) is 11.8 Å². The van der Waals surface area contributed by atoms with E-state index in [0.717, 1.165) is 31.5 Å². The van der Waals surface area contributed by atoms with Crippen LogP contribution in [0, 0.1) is 17.7 Å². The molecule has 0 aliphatic carbocycles. The van der Waals surface area contributed by atoms with Crippen LogP contribution in [0.4, 0.5) is 4.39 Å². The van der Waals surface area contributed by atoms with Crippen molar-refractivity contribution in [1.82, 2.24) is 10.2 Å². The summed E-state index contributed by atoms with van der Waals surface area (Å²) in [6, 6.07) is 5.31. The maximum atomic E-state index is 13.1. The summed E-state index contributed by atoms with van der Waals surface area (Å²) in [5.74, 6) is 1.45. The zero-order chi connectivity index (χ0) is 11.8. The van der Waals surface area contributed by atoms with Crippen LogP contribution in [0.15, 0.2) is 22.7 Å². The van der Waals surface area contributed by atoms with E-state index in [1.165, 1.54) is 24.7 Å². The third-order valence-corrected chi connectivity index (χ3v) is 4.46. The minimum absolute atomic E-state index is 0.184. The van der Waals surface area contributed by atoms with Gasteiger partial charge < -0.3 is 5.32 Å². The van der Waals surface area contributed by atoms with Crippen molar-refractivity contribution in [2.45, 2.75) is 6.54 Å².